The summed E-state index contributed by atoms with van der Waals surface area (Å²) in [7, 11) is 1.87. The van der Waals surface area contributed by atoms with Crippen molar-refractivity contribution in [1.29, 1.82) is 0 Å². The number of hydrogen-bond acceptors (Lipinski definition) is 7. The predicted octanol–water partition coefficient (Wildman–Crippen LogP) is 4.19. The van der Waals surface area contributed by atoms with Crippen LogP contribution in [0.15, 0.2) is 55.0 Å². The van der Waals surface area contributed by atoms with E-state index in [0.717, 1.165) is 40.9 Å². The van der Waals surface area contributed by atoms with E-state index in [-0.39, 0.29) is 0 Å². The molecule has 1 fully saturated rings. The standard InChI is InChI=1S/C22H20N8S/c1-29-19(7-10-24-29)26-22-23-9-6-17(25-22)15-8-11-30-20(12-15)27-28-21(30)13-16-4-5-18(31-16)14-2-3-14/h4-12,14H,2-3,13H2,1H3,(H,23,25,26). The van der Waals surface area contributed by atoms with E-state index >= 15 is 0 Å². The van der Waals surface area contributed by atoms with Crippen LogP contribution in [0.2, 0.25) is 0 Å². The average Bonchev–Trinajstić information content (AvgIpc) is 3.20. The Hall–Kier alpha value is -3.59. The highest BCUT2D eigenvalue weighted by Gasteiger charge is 2.25. The summed E-state index contributed by atoms with van der Waals surface area (Å²) >= 11 is 1.90. The first-order valence-corrected chi connectivity index (χ1v) is 11.1. The molecule has 154 valence electrons. The van der Waals surface area contributed by atoms with Gasteiger partial charge in [-0.25, -0.2) is 9.97 Å². The van der Waals surface area contributed by atoms with Crippen LogP contribution in [0.25, 0.3) is 16.9 Å². The molecule has 8 nitrogen and oxygen atoms in total. The maximum atomic E-state index is 4.65. The second-order valence-electron chi connectivity index (χ2n) is 7.75. The molecular formula is C22H20N8S. The van der Waals surface area contributed by atoms with Gasteiger partial charge in [-0.2, -0.15) is 5.10 Å². The number of hydrogen-bond donors (Lipinski definition) is 1. The number of anilines is 2. The largest absolute Gasteiger partial charge is 0.309 e. The van der Waals surface area contributed by atoms with Gasteiger partial charge < -0.3 is 5.32 Å². The number of fused-ring (bicyclic) bond motifs is 1. The van der Waals surface area contributed by atoms with E-state index in [0.29, 0.717) is 5.95 Å². The average molecular weight is 429 g/mol. The van der Waals surface area contributed by atoms with Gasteiger partial charge in [0.1, 0.15) is 11.6 Å². The Morgan fingerprint density at radius 1 is 1.10 bits per heavy atom. The SMILES string of the molecule is Cn1nccc1Nc1nccc(-c2ccn3c(Cc4ccc(C5CC5)s4)nnc3c2)n1. The van der Waals surface area contributed by atoms with Crippen LogP contribution in [0, 0.1) is 0 Å². The highest BCUT2D eigenvalue weighted by Crippen LogP contribution is 2.43. The van der Waals surface area contributed by atoms with Crippen LogP contribution in [-0.2, 0) is 13.5 Å². The van der Waals surface area contributed by atoms with Crippen LogP contribution >= 0.6 is 11.3 Å². The normalized spacial score (nSPS) is 13.7. The maximum Gasteiger partial charge on any atom is 0.228 e. The van der Waals surface area contributed by atoms with E-state index < -0.39 is 0 Å². The predicted molar refractivity (Wildman–Crippen MR) is 120 cm³/mol. The highest BCUT2D eigenvalue weighted by atomic mass is 32.1. The van der Waals surface area contributed by atoms with Gasteiger partial charge in [0.05, 0.1) is 11.9 Å². The molecule has 0 spiro atoms. The lowest BCUT2D eigenvalue weighted by atomic mass is 10.2. The van der Waals surface area contributed by atoms with Gasteiger partial charge in [-0.15, -0.1) is 21.5 Å². The molecule has 1 aliphatic rings. The van der Waals surface area contributed by atoms with Gasteiger partial charge in [0.25, 0.3) is 0 Å². The molecule has 1 N–H and O–H groups in total. The molecule has 0 radical (unpaired) electrons. The number of nitrogens with zero attached hydrogens (tertiary/aromatic N) is 7. The van der Waals surface area contributed by atoms with Gasteiger partial charge in [0.2, 0.25) is 5.95 Å². The maximum absolute atomic E-state index is 4.65. The Labute approximate surface area is 182 Å². The second-order valence-corrected chi connectivity index (χ2v) is 8.95. The minimum Gasteiger partial charge on any atom is -0.309 e. The van der Waals surface area contributed by atoms with Crippen LogP contribution in [0.5, 0.6) is 0 Å². The quantitative estimate of drug-likeness (QED) is 0.436. The Bertz CT molecular complexity index is 1380. The summed E-state index contributed by atoms with van der Waals surface area (Å²) in [4.78, 5) is 11.8. The first-order valence-electron chi connectivity index (χ1n) is 10.2. The van der Waals surface area contributed by atoms with E-state index in [1.54, 1.807) is 17.1 Å². The lowest BCUT2D eigenvalue weighted by molar-refractivity contribution is 0.775. The fraction of sp³-hybridized carbons (Fsp3) is 0.227. The molecule has 1 saturated carbocycles. The third-order valence-electron chi connectivity index (χ3n) is 5.49. The van der Waals surface area contributed by atoms with Crippen molar-refractivity contribution >= 4 is 28.8 Å². The monoisotopic (exact) mass is 428 g/mol. The number of thiophene rings is 1. The molecule has 5 aromatic heterocycles. The molecule has 5 heterocycles. The lowest BCUT2D eigenvalue weighted by Crippen LogP contribution is -2.03. The van der Waals surface area contributed by atoms with Crippen molar-refractivity contribution in [2.75, 3.05) is 5.32 Å². The summed E-state index contributed by atoms with van der Waals surface area (Å²) in [6.45, 7) is 0. The molecule has 0 aromatic carbocycles. The Kier molecular flexibility index (Phi) is 4.27. The molecule has 0 saturated heterocycles. The molecule has 31 heavy (non-hydrogen) atoms. The summed E-state index contributed by atoms with van der Waals surface area (Å²) < 4.78 is 3.79. The van der Waals surface area contributed by atoms with Crippen molar-refractivity contribution in [3.05, 3.63) is 70.6 Å². The molecule has 0 aliphatic heterocycles. The molecule has 0 bridgehead atoms. The fourth-order valence-electron chi connectivity index (χ4n) is 3.64. The van der Waals surface area contributed by atoms with E-state index in [1.165, 1.54) is 22.6 Å². The molecular weight excluding hydrogens is 408 g/mol. The smallest absolute Gasteiger partial charge is 0.228 e. The van der Waals surface area contributed by atoms with E-state index in [2.05, 4.69) is 47.1 Å². The number of rotatable bonds is 6. The first kappa shape index (κ1) is 18.2. The summed E-state index contributed by atoms with van der Waals surface area (Å²) in [5, 5.41) is 16.2. The minimum absolute atomic E-state index is 0.521. The van der Waals surface area contributed by atoms with Crippen LogP contribution < -0.4 is 5.32 Å². The third kappa shape index (κ3) is 3.57. The molecule has 1 aliphatic carbocycles. The minimum atomic E-state index is 0.521. The van der Waals surface area contributed by atoms with Crippen LogP contribution in [-0.4, -0.2) is 34.3 Å². The van der Waals surface area contributed by atoms with E-state index in [4.69, 9.17) is 0 Å². The van der Waals surface area contributed by atoms with Crippen LogP contribution in [0.3, 0.4) is 0 Å². The number of nitrogens with one attached hydrogen (secondary N) is 1. The highest BCUT2D eigenvalue weighted by molar-refractivity contribution is 7.12. The molecule has 5 aromatic rings. The molecule has 6 rings (SSSR count). The third-order valence-corrected chi connectivity index (χ3v) is 6.73. The van der Waals surface area contributed by atoms with Crippen molar-refractivity contribution < 1.29 is 0 Å². The number of pyridine rings is 1. The van der Waals surface area contributed by atoms with Gasteiger partial charge in [0.15, 0.2) is 5.65 Å². The zero-order chi connectivity index (χ0) is 20.8. The lowest BCUT2D eigenvalue weighted by Gasteiger charge is -2.07. The second kappa shape index (κ2) is 7.28. The summed E-state index contributed by atoms with van der Waals surface area (Å²) in [5.74, 6) is 3.09. The topological polar surface area (TPSA) is 85.8 Å². The molecule has 0 atom stereocenters. The Balaban J connectivity index is 1.26. The Morgan fingerprint density at radius 2 is 2.03 bits per heavy atom. The summed E-state index contributed by atoms with van der Waals surface area (Å²) in [6.07, 6.45) is 8.95. The van der Waals surface area contributed by atoms with Gasteiger partial charge >= 0.3 is 0 Å². The summed E-state index contributed by atoms with van der Waals surface area (Å²) in [6, 6.07) is 12.3. The van der Waals surface area contributed by atoms with Crippen molar-refractivity contribution in [3.63, 3.8) is 0 Å². The van der Waals surface area contributed by atoms with Crippen molar-refractivity contribution in [2.24, 2.45) is 7.05 Å². The van der Waals surface area contributed by atoms with Crippen molar-refractivity contribution in [2.45, 2.75) is 25.2 Å². The molecule has 0 unspecified atom stereocenters. The fourth-order valence-corrected chi connectivity index (χ4v) is 4.82. The van der Waals surface area contributed by atoms with Crippen molar-refractivity contribution in [3.8, 4) is 11.3 Å². The zero-order valence-electron chi connectivity index (χ0n) is 16.9. The van der Waals surface area contributed by atoms with Gasteiger partial charge in [0, 0.05) is 47.2 Å². The number of aromatic nitrogens is 7. The van der Waals surface area contributed by atoms with E-state index in [9.17, 15) is 0 Å². The van der Waals surface area contributed by atoms with Crippen LogP contribution in [0.4, 0.5) is 11.8 Å². The molecule has 9 heteroatoms. The van der Waals surface area contributed by atoms with Crippen LogP contribution in [0.1, 0.15) is 34.3 Å². The molecule has 0 amide bonds. The number of aryl methyl sites for hydroxylation is 1. The van der Waals surface area contributed by atoms with Gasteiger partial charge in [-0.05, 0) is 49.1 Å². The zero-order valence-corrected chi connectivity index (χ0v) is 17.8. The first-order chi connectivity index (χ1) is 15.2. The van der Waals surface area contributed by atoms with Gasteiger partial charge in [-0.1, -0.05) is 0 Å². The van der Waals surface area contributed by atoms with Gasteiger partial charge in [-0.3, -0.25) is 9.08 Å². The Morgan fingerprint density at radius 3 is 2.87 bits per heavy atom. The van der Waals surface area contributed by atoms with Crippen molar-refractivity contribution in [1.82, 2.24) is 34.3 Å². The van der Waals surface area contributed by atoms with E-state index in [1.807, 2.05) is 48.8 Å². The summed E-state index contributed by atoms with van der Waals surface area (Å²) in [5.41, 5.74) is 2.60.